The number of carbonyl (C=O) groups excluding carboxylic acids is 1. The molecular formula is C24H23N3O4S. The lowest BCUT2D eigenvalue weighted by Gasteiger charge is -2.08. The molecule has 0 aliphatic rings. The Balaban J connectivity index is 1.46. The predicted octanol–water partition coefficient (Wildman–Crippen LogP) is 5.56. The number of aryl methyl sites for hydroxylation is 3. The minimum atomic E-state index is -0.259. The number of hydrogen-bond donors (Lipinski definition) is 1. The van der Waals surface area contributed by atoms with Crippen LogP contribution >= 0.6 is 11.3 Å². The van der Waals surface area contributed by atoms with Crippen LogP contribution in [0.15, 0.2) is 52.4 Å². The van der Waals surface area contributed by atoms with Crippen molar-refractivity contribution >= 4 is 22.4 Å². The van der Waals surface area contributed by atoms with Crippen LogP contribution in [0.25, 0.3) is 11.3 Å². The standard InChI is InChI=1S/C24H23N3O4S/c1-14-8-9-22(29-4)19(10-14)21-13-32-24(25-21)26-23(28)17-6-5-7-18(11-17)30-12-20-15(2)27-31-16(20)3/h5-11,13H,12H2,1-4H3,(H,25,26,28). The van der Waals surface area contributed by atoms with E-state index < -0.39 is 0 Å². The van der Waals surface area contributed by atoms with Gasteiger partial charge in [-0.1, -0.05) is 22.9 Å². The summed E-state index contributed by atoms with van der Waals surface area (Å²) >= 11 is 1.36. The summed E-state index contributed by atoms with van der Waals surface area (Å²) in [4.78, 5) is 17.3. The number of thiazole rings is 1. The second-order valence-electron chi connectivity index (χ2n) is 7.31. The van der Waals surface area contributed by atoms with Crippen LogP contribution in [0.2, 0.25) is 0 Å². The highest BCUT2D eigenvalue weighted by Crippen LogP contribution is 2.33. The fraction of sp³-hybridized carbons (Fsp3) is 0.208. The van der Waals surface area contributed by atoms with E-state index in [2.05, 4.69) is 15.5 Å². The molecule has 4 aromatic rings. The first-order valence-electron chi connectivity index (χ1n) is 10.0. The summed E-state index contributed by atoms with van der Waals surface area (Å²) in [7, 11) is 1.63. The maximum absolute atomic E-state index is 12.8. The van der Waals surface area contributed by atoms with Gasteiger partial charge < -0.3 is 14.0 Å². The quantitative estimate of drug-likeness (QED) is 0.397. The molecule has 0 saturated heterocycles. The van der Waals surface area contributed by atoms with Gasteiger partial charge in [0.05, 0.1) is 24.1 Å². The maximum Gasteiger partial charge on any atom is 0.257 e. The Labute approximate surface area is 190 Å². The topological polar surface area (TPSA) is 86.5 Å². The molecule has 2 aromatic carbocycles. The fourth-order valence-corrected chi connectivity index (χ4v) is 3.94. The first kappa shape index (κ1) is 21.6. The molecule has 0 spiro atoms. The van der Waals surface area contributed by atoms with Gasteiger partial charge in [-0.3, -0.25) is 10.1 Å². The van der Waals surface area contributed by atoms with Crippen LogP contribution in [0.4, 0.5) is 5.13 Å². The van der Waals surface area contributed by atoms with Gasteiger partial charge in [0.2, 0.25) is 0 Å². The number of aromatic nitrogens is 2. The van der Waals surface area contributed by atoms with Crippen molar-refractivity contribution in [3.05, 3.63) is 76.0 Å². The number of rotatable bonds is 7. The SMILES string of the molecule is COc1ccc(C)cc1-c1csc(NC(=O)c2cccc(OCc3c(C)noc3C)c2)n1. The molecule has 8 heteroatoms. The Kier molecular flexibility index (Phi) is 6.23. The van der Waals surface area contributed by atoms with Gasteiger partial charge in [0.25, 0.3) is 5.91 Å². The smallest absolute Gasteiger partial charge is 0.257 e. The summed E-state index contributed by atoms with van der Waals surface area (Å²) in [6, 6.07) is 12.9. The number of nitrogens with one attached hydrogen (secondary N) is 1. The minimum absolute atomic E-state index is 0.259. The highest BCUT2D eigenvalue weighted by atomic mass is 32.1. The van der Waals surface area contributed by atoms with Crippen molar-refractivity contribution in [2.75, 3.05) is 12.4 Å². The minimum Gasteiger partial charge on any atom is -0.496 e. The molecule has 4 rings (SSSR count). The average molecular weight is 450 g/mol. The van der Waals surface area contributed by atoms with Crippen molar-refractivity contribution in [2.45, 2.75) is 27.4 Å². The summed E-state index contributed by atoms with van der Waals surface area (Å²) in [5, 5.41) is 9.20. The molecule has 0 bridgehead atoms. The second kappa shape index (κ2) is 9.23. The number of carbonyl (C=O) groups is 1. The Bertz CT molecular complexity index is 1240. The van der Waals surface area contributed by atoms with E-state index in [0.717, 1.165) is 39.6 Å². The molecule has 2 heterocycles. The monoisotopic (exact) mass is 449 g/mol. The van der Waals surface area contributed by atoms with E-state index in [4.69, 9.17) is 14.0 Å². The normalized spacial score (nSPS) is 10.8. The number of nitrogens with zero attached hydrogens (tertiary/aromatic N) is 2. The van der Waals surface area contributed by atoms with Gasteiger partial charge in [-0.05, 0) is 51.1 Å². The molecule has 0 fully saturated rings. The van der Waals surface area contributed by atoms with Crippen LogP contribution in [-0.2, 0) is 6.61 Å². The largest absolute Gasteiger partial charge is 0.496 e. The number of hydrogen-bond acceptors (Lipinski definition) is 7. The van der Waals surface area contributed by atoms with Crippen LogP contribution in [0.5, 0.6) is 11.5 Å². The number of benzene rings is 2. The molecule has 7 nitrogen and oxygen atoms in total. The van der Waals surface area contributed by atoms with E-state index >= 15 is 0 Å². The molecule has 164 valence electrons. The highest BCUT2D eigenvalue weighted by molar-refractivity contribution is 7.14. The summed E-state index contributed by atoms with van der Waals surface area (Å²) in [6.07, 6.45) is 0. The third-order valence-corrected chi connectivity index (χ3v) is 5.77. The summed E-state index contributed by atoms with van der Waals surface area (Å²) < 4.78 is 16.4. The molecule has 2 aromatic heterocycles. The first-order chi connectivity index (χ1) is 15.4. The fourth-order valence-electron chi connectivity index (χ4n) is 3.24. The van der Waals surface area contributed by atoms with Gasteiger partial charge >= 0.3 is 0 Å². The van der Waals surface area contributed by atoms with E-state index in [0.29, 0.717) is 23.1 Å². The Morgan fingerprint density at radius 1 is 1.16 bits per heavy atom. The molecule has 0 radical (unpaired) electrons. The van der Waals surface area contributed by atoms with Crippen LogP contribution in [0, 0.1) is 20.8 Å². The number of methoxy groups -OCH3 is 1. The van der Waals surface area contributed by atoms with Crippen LogP contribution in [0.1, 0.15) is 32.9 Å². The molecule has 0 atom stereocenters. The van der Waals surface area contributed by atoms with Crippen molar-refractivity contribution in [2.24, 2.45) is 0 Å². The van der Waals surface area contributed by atoms with Crippen LogP contribution < -0.4 is 14.8 Å². The number of anilines is 1. The van der Waals surface area contributed by atoms with Crippen molar-refractivity contribution in [3.8, 4) is 22.8 Å². The van der Waals surface area contributed by atoms with Crippen molar-refractivity contribution in [1.82, 2.24) is 10.1 Å². The molecule has 0 aliphatic heterocycles. The zero-order chi connectivity index (χ0) is 22.7. The van der Waals surface area contributed by atoms with Crippen LogP contribution in [-0.4, -0.2) is 23.2 Å². The zero-order valence-electron chi connectivity index (χ0n) is 18.3. The lowest BCUT2D eigenvalue weighted by molar-refractivity contribution is 0.102. The lowest BCUT2D eigenvalue weighted by Crippen LogP contribution is -2.11. The lowest BCUT2D eigenvalue weighted by atomic mass is 10.1. The summed E-state index contributed by atoms with van der Waals surface area (Å²) in [6.45, 7) is 6.05. The Hall–Kier alpha value is -3.65. The van der Waals surface area contributed by atoms with Crippen molar-refractivity contribution in [1.29, 1.82) is 0 Å². The van der Waals surface area contributed by atoms with Gasteiger partial charge in [0.15, 0.2) is 5.13 Å². The molecule has 0 aliphatic carbocycles. The highest BCUT2D eigenvalue weighted by Gasteiger charge is 2.14. The molecular weight excluding hydrogens is 426 g/mol. The van der Waals surface area contributed by atoms with Gasteiger partial charge in [-0.2, -0.15) is 0 Å². The van der Waals surface area contributed by atoms with Gasteiger partial charge in [-0.15, -0.1) is 11.3 Å². The second-order valence-corrected chi connectivity index (χ2v) is 8.17. The molecule has 1 amide bonds. The maximum atomic E-state index is 12.8. The van der Waals surface area contributed by atoms with Gasteiger partial charge in [0.1, 0.15) is 23.9 Å². The molecule has 0 unspecified atom stereocenters. The van der Waals surface area contributed by atoms with E-state index in [1.807, 2.05) is 44.4 Å². The van der Waals surface area contributed by atoms with E-state index in [1.54, 1.807) is 31.4 Å². The summed E-state index contributed by atoms with van der Waals surface area (Å²) in [5.41, 5.74) is 4.92. The molecule has 0 saturated carbocycles. The van der Waals surface area contributed by atoms with Gasteiger partial charge in [-0.25, -0.2) is 4.98 Å². The summed E-state index contributed by atoms with van der Waals surface area (Å²) in [5.74, 6) is 1.79. The van der Waals surface area contributed by atoms with Gasteiger partial charge in [0, 0.05) is 16.5 Å². The molecule has 32 heavy (non-hydrogen) atoms. The Morgan fingerprint density at radius 3 is 2.75 bits per heavy atom. The van der Waals surface area contributed by atoms with Crippen LogP contribution in [0.3, 0.4) is 0 Å². The van der Waals surface area contributed by atoms with Crippen molar-refractivity contribution < 1.29 is 18.8 Å². The number of ether oxygens (including phenoxy) is 2. The third kappa shape index (κ3) is 4.65. The third-order valence-electron chi connectivity index (χ3n) is 5.02. The number of amides is 1. The predicted molar refractivity (Wildman–Crippen MR) is 124 cm³/mol. The van der Waals surface area contributed by atoms with E-state index in [-0.39, 0.29) is 5.91 Å². The Morgan fingerprint density at radius 2 is 2.00 bits per heavy atom. The first-order valence-corrected chi connectivity index (χ1v) is 10.9. The average Bonchev–Trinajstić information content (AvgIpc) is 3.38. The zero-order valence-corrected chi connectivity index (χ0v) is 19.1. The van der Waals surface area contributed by atoms with Crippen molar-refractivity contribution in [3.63, 3.8) is 0 Å². The molecule has 1 N–H and O–H groups in total. The van der Waals surface area contributed by atoms with E-state index in [1.165, 1.54) is 11.3 Å². The van der Waals surface area contributed by atoms with E-state index in [9.17, 15) is 4.79 Å².